The smallest absolute Gasteiger partial charge is 0.261 e. The zero-order chi connectivity index (χ0) is 24.4. The summed E-state index contributed by atoms with van der Waals surface area (Å²) >= 11 is 1.38. The van der Waals surface area contributed by atoms with Gasteiger partial charge >= 0.3 is 0 Å². The third-order valence-electron chi connectivity index (χ3n) is 5.61. The molecular weight excluding hydrogens is 457 g/mol. The monoisotopic (exact) mass is 483 g/mol. The summed E-state index contributed by atoms with van der Waals surface area (Å²) in [7, 11) is 4.66. The quantitative estimate of drug-likeness (QED) is 0.377. The fourth-order valence-corrected chi connectivity index (χ4v) is 4.86. The van der Waals surface area contributed by atoms with Gasteiger partial charge in [0.15, 0.2) is 11.5 Å². The fourth-order valence-electron chi connectivity index (χ4n) is 3.80. The van der Waals surface area contributed by atoms with Gasteiger partial charge in [-0.3, -0.25) is 9.48 Å². The molecule has 0 saturated heterocycles. The number of rotatable bonds is 8. The van der Waals surface area contributed by atoms with Crippen LogP contribution in [0, 0.1) is 12.7 Å². The van der Waals surface area contributed by atoms with Gasteiger partial charge in [-0.15, -0.1) is 11.3 Å². The Kier molecular flexibility index (Phi) is 6.74. The summed E-state index contributed by atoms with van der Waals surface area (Å²) in [4.78, 5) is 14.6. The van der Waals surface area contributed by atoms with Gasteiger partial charge in [0, 0.05) is 5.39 Å². The number of methoxy groups -OCH3 is 3. The number of nitrogens with one attached hydrogen (secondary N) is 1. The largest absolute Gasteiger partial charge is 0.493 e. The lowest BCUT2D eigenvalue weighted by molar-refractivity contribution is 0.0944. The highest BCUT2D eigenvalue weighted by Gasteiger charge is 2.21. The van der Waals surface area contributed by atoms with Gasteiger partial charge in [0.05, 0.1) is 44.5 Å². The molecule has 0 spiro atoms. The molecule has 4 aromatic rings. The Hall–Kier alpha value is -3.59. The Morgan fingerprint density at radius 2 is 1.74 bits per heavy atom. The third kappa shape index (κ3) is 4.56. The lowest BCUT2D eigenvalue weighted by Crippen LogP contribution is -2.26. The molecule has 1 N–H and O–H groups in total. The van der Waals surface area contributed by atoms with Crippen LogP contribution in [0.1, 0.15) is 39.5 Å². The summed E-state index contributed by atoms with van der Waals surface area (Å²) in [5, 5.41) is 8.57. The zero-order valence-electron chi connectivity index (χ0n) is 19.6. The van der Waals surface area contributed by atoms with Crippen LogP contribution in [-0.2, 0) is 6.54 Å². The topological polar surface area (TPSA) is 74.6 Å². The van der Waals surface area contributed by atoms with Crippen LogP contribution in [0.2, 0.25) is 0 Å². The Morgan fingerprint density at radius 3 is 2.32 bits per heavy atom. The van der Waals surface area contributed by atoms with Gasteiger partial charge in [-0.1, -0.05) is 12.1 Å². The predicted octanol–water partition coefficient (Wildman–Crippen LogP) is 5.11. The van der Waals surface area contributed by atoms with Crippen molar-refractivity contribution in [3.05, 3.63) is 70.0 Å². The van der Waals surface area contributed by atoms with Crippen LogP contribution in [0.3, 0.4) is 0 Å². The SMILES string of the molecule is COc1cc(C(C)NC(=O)c2cc3c(C)nn(Cc4ccc(F)cc4)c3s2)cc(OC)c1OC. The van der Waals surface area contributed by atoms with Crippen LogP contribution >= 0.6 is 11.3 Å². The summed E-state index contributed by atoms with van der Waals surface area (Å²) in [5.41, 5.74) is 2.59. The van der Waals surface area contributed by atoms with Crippen LogP contribution in [0.25, 0.3) is 10.2 Å². The molecule has 0 aliphatic heterocycles. The number of carbonyl (C=O) groups is 1. The molecule has 1 unspecified atom stereocenters. The molecule has 0 aliphatic rings. The van der Waals surface area contributed by atoms with Gasteiger partial charge in [-0.2, -0.15) is 5.10 Å². The van der Waals surface area contributed by atoms with Crippen LogP contribution in [0.15, 0.2) is 42.5 Å². The molecule has 2 heterocycles. The number of ether oxygens (including phenoxy) is 3. The Bertz CT molecular complexity index is 1310. The first-order valence-corrected chi connectivity index (χ1v) is 11.5. The Labute approximate surface area is 201 Å². The molecule has 0 saturated carbocycles. The number of amides is 1. The Morgan fingerprint density at radius 1 is 1.09 bits per heavy atom. The van der Waals surface area contributed by atoms with Crippen molar-refractivity contribution in [2.24, 2.45) is 0 Å². The lowest BCUT2D eigenvalue weighted by atomic mass is 10.1. The molecule has 0 bridgehead atoms. The molecule has 0 aliphatic carbocycles. The van der Waals surface area contributed by atoms with E-state index in [1.807, 2.05) is 36.7 Å². The van der Waals surface area contributed by atoms with Gasteiger partial charge in [0.2, 0.25) is 5.75 Å². The number of fused-ring (bicyclic) bond motifs is 1. The molecule has 4 rings (SSSR count). The first kappa shape index (κ1) is 23.6. The van der Waals surface area contributed by atoms with E-state index >= 15 is 0 Å². The number of aryl methyl sites for hydroxylation is 1. The van der Waals surface area contributed by atoms with Crippen molar-refractivity contribution >= 4 is 27.5 Å². The molecule has 1 amide bonds. The summed E-state index contributed by atoms with van der Waals surface area (Å²) in [6.07, 6.45) is 0. The first-order chi connectivity index (χ1) is 16.3. The molecule has 7 nitrogen and oxygen atoms in total. The molecule has 0 fully saturated rings. The second-order valence-electron chi connectivity index (χ2n) is 7.85. The number of thiophene rings is 1. The van der Waals surface area contributed by atoms with Crippen molar-refractivity contribution in [3.8, 4) is 17.2 Å². The van der Waals surface area contributed by atoms with Gasteiger partial charge in [0.25, 0.3) is 5.91 Å². The molecule has 1 atom stereocenters. The average Bonchev–Trinajstić information content (AvgIpc) is 3.40. The molecule has 2 aromatic heterocycles. The summed E-state index contributed by atoms with van der Waals surface area (Å²) in [5.74, 6) is 1.09. The van der Waals surface area contributed by atoms with E-state index in [1.165, 1.54) is 23.5 Å². The number of hydrogen-bond acceptors (Lipinski definition) is 6. The van der Waals surface area contributed by atoms with Crippen molar-refractivity contribution in [1.29, 1.82) is 0 Å². The maximum atomic E-state index is 13.2. The molecule has 9 heteroatoms. The normalized spacial score (nSPS) is 11.9. The maximum Gasteiger partial charge on any atom is 0.261 e. The maximum absolute atomic E-state index is 13.2. The van der Waals surface area contributed by atoms with Crippen LogP contribution in [0.5, 0.6) is 17.2 Å². The zero-order valence-corrected chi connectivity index (χ0v) is 20.5. The minimum Gasteiger partial charge on any atom is -0.493 e. The molecule has 34 heavy (non-hydrogen) atoms. The van der Waals surface area contributed by atoms with Gasteiger partial charge in [-0.05, 0) is 55.3 Å². The number of nitrogens with zero attached hydrogens (tertiary/aromatic N) is 2. The first-order valence-electron chi connectivity index (χ1n) is 10.7. The molecule has 2 aromatic carbocycles. The third-order valence-corrected chi connectivity index (χ3v) is 6.76. The van der Waals surface area contributed by atoms with Crippen LogP contribution in [-0.4, -0.2) is 37.0 Å². The minimum atomic E-state index is -0.303. The van der Waals surface area contributed by atoms with Gasteiger partial charge < -0.3 is 19.5 Å². The lowest BCUT2D eigenvalue weighted by Gasteiger charge is -2.18. The molecular formula is C25H26FN3O4S. The number of aromatic nitrogens is 2. The van der Waals surface area contributed by atoms with Gasteiger partial charge in [0.1, 0.15) is 10.6 Å². The predicted molar refractivity (Wildman–Crippen MR) is 130 cm³/mol. The molecule has 0 radical (unpaired) electrons. The average molecular weight is 484 g/mol. The van der Waals surface area contributed by atoms with Crippen LogP contribution in [0.4, 0.5) is 4.39 Å². The summed E-state index contributed by atoms with van der Waals surface area (Å²) in [6, 6.07) is 11.5. The fraction of sp³-hybridized carbons (Fsp3) is 0.280. The van der Waals surface area contributed by atoms with E-state index in [0.717, 1.165) is 27.0 Å². The van der Waals surface area contributed by atoms with E-state index in [4.69, 9.17) is 14.2 Å². The Balaban J connectivity index is 1.57. The summed E-state index contributed by atoms with van der Waals surface area (Å²) in [6.45, 7) is 4.30. The van der Waals surface area contributed by atoms with E-state index in [9.17, 15) is 9.18 Å². The highest BCUT2D eigenvalue weighted by atomic mass is 32.1. The van der Waals surface area contributed by atoms with Crippen molar-refractivity contribution in [1.82, 2.24) is 15.1 Å². The standard InChI is InChI=1S/C25H26FN3O4S/c1-14(17-10-20(31-3)23(33-5)21(11-17)32-4)27-24(30)22-12-19-15(2)28-29(25(19)34-22)13-16-6-8-18(26)9-7-16/h6-12,14H,13H2,1-5H3,(H,27,30). The second kappa shape index (κ2) is 9.72. The number of hydrogen-bond donors (Lipinski definition) is 1. The highest BCUT2D eigenvalue weighted by Crippen LogP contribution is 2.39. The van der Waals surface area contributed by atoms with Crippen LogP contribution < -0.4 is 19.5 Å². The van der Waals surface area contributed by atoms with E-state index in [1.54, 1.807) is 33.5 Å². The van der Waals surface area contributed by atoms with E-state index in [-0.39, 0.29) is 17.8 Å². The number of benzene rings is 2. The number of halogens is 1. The van der Waals surface area contributed by atoms with Gasteiger partial charge in [-0.25, -0.2) is 4.39 Å². The van der Waals surface area contributed by atoms with E-state index in [0.29, 0.717) is 28.7 Å². The van der Waals surface area contributed by atoms with Crippen molar-refractivity contribution in [3.63, 3.8) is 0 Å². The number of carbonyl (C=O) groups excluding carboxylic acids is 1. The van der Waals surface area contributed by atoms with Crippen molar-refractivity contribution < 1.29 is 23.4 Å². The highest BCUT2D eigenvalue weighted by molar-refractivity contribution is 7.20. The molecule has 178 valence electrons. The van der Waals surface area contributed by atoms with E-state index in [2.05, 4.69) is 10.4 Å². The minimum absolute atomic E-state index is 0.185. The summed E-state index contributed by atoms with van der Waals surface area (Å²) < 4.78 is 31.3. The van der Waals surface area contributed by atoms with Crippen molar-refractivity contribution in [2.45, 2.75) is 26.4 Å². The van der Waals surface area contributed by atoms with E-state index < -0.39 is 0 Å². The van der Waals surface area contributed by atoms with Crippen molar-refractivity contribution in [2.75, 3.05) is 21.3 Å². The second-order valence-corrected chi connectivity index (χ2v) is 8.88.